The highest BCUT2D eigenvalue weighted by Crippen LogP contribution is 2.37. The lowest BCUT2D eigenvalue weighted by atomic mass is 10.2. The predicted molar refractivity (Wildman–Crippen MR) is 120 cm³/mol. The second-order valence-electron chi connectivity index (χ2n) is 8.00. The highest BCUT2D eigenvalue weighted by atomic mass is 32.2. The number of hydrogen-bond donors (Lipinski definition) is 0. The maximum absolute atomic E-state index is 12.6. The van der Waals surface area contributed by atoms with Crippen molar-refractivity contribution in [3.63, 3.8) is 0 Å². The fourth-order valence-electron chi connectivity index (χ4n) is 3.98. The Hall–Kier alpha value is -2.39. The lowest BCUT2D eigenvalue weighted by Crippen LogP contribution is -2.27. The van der Waals surface area contributed by atoms with Crippen molar-refractivity contribution in [1.29, 1.82) is 0 Å². The molecule has 2 aromatic rings. The van der Waals surface area contributed by atoms with Crippen molar-refractivity contribution in [3.05, 3.63) is 60.2 Å². The van der Waals surface area contributed by atoms with Gasteiger partial charge in [-0.25, -0.2) is 0 Å². The molecule has 5 nitrogen and oxygen atoms in total. The van der Waals surface area contributed by atoms with Gasteiger partial charge in [-0.3, -0.25) is 9.88 Å². The summed E-state index contributed by atoms with van der Waals surface area (Å²) in [6, 6.07) is 8.44. The van der Waals surface area contributed by atoms with E-state index in [1.165, 1.54) is 25.0 Å². The van der Waals surface area contributed by atoms with Crippen molar-refractivity contribution >= 4 is 17.4 Å². The van der Waals surface area contributed by atoms with Crippen LogP contribution in [-0.2, 0) is 6.54 Å². The average molecular weight is 465 g/mol. The van der Waals surface area contributed by atoms with Gasteiger partial charge in [0.1, 0.15) is 12.4 Å². The molecule has 3 heterocycles. The minimum absolute atomic E-state index is 0.0964. The van der Waals surface area contributed by atoms with Crippen LogP contribution in [0, 0.1) is 0 Å². The Morgan fingerprint density at radius 2 is 1.84 bits per heavy atom. The molecule has 1 saturated heterocycles. The second kappa shape index (κ2) is 10.0. The first kappa shape index (κ1) is 22.8. The quantitative estimate of drug-likeness (QED) is 0.493. The number of pyridine rings is 1. The van der Waals surface area contributed by atoms with E-state index >= 15 is 0 Å². The molecule has 2 aliphatic rings. The number of aromatic nitrogens is 1. The molecule has 0 unspecified atom stereocenters. The number of alkyl halides is 3. The van der Waals surface area contributed by atoms with Crippen LogP contribution in [0.15, 0.2) is 59.5 Å². The molecule has 172 valence electrons. The molecule has 1 aromatic carbocycles. The minimum atomic E-state index is -4.28. The molecule has 0 atom stereocenters. The lowest BCUT2D eigenvalue weighted by molar-refractivity contribution is -0.0328. The van der Waals surface area contributed by atoms with E-state index in [2.05, 4.69) is 14.8 Å². The molecule has 2 aliphatic heterocycles. The second-order valence-corrected chi connectivity index (χ2v) is 9.14. The average Bonchev–Trinajstić information content (AvgIpc) is 3.39. The molecule has 0 amide bonds. The Kier molecular flexibility index (Phi) is 7.15. The van der Waals surface area contributed by atoms with Gasteiger partial charge in [-0.1, -0.05) is 0 Å². The van der Waals surface area contributed by atoms with E-state index in [4.69, 9.17) is 4.74 Å². The van der Waals surface area contributed by atoms with Gasteiger partial charge in [0.25, 0.3) is 0 Å². The van der Waals surface area contributed by atoms with Crippen LogP contribution >= 0.6 is 11.8 Å². The molecular weight excluding hydrogens is 437 g/mol. The standard InChI is InChI=1S/C23H27F3N4OS/c1-18-15-30(20-4-6-21(7-5-20)32-23(24,25)26)17-29(18)16-19-8-9-27-14-22(19)31-13-12-28-10-2-3-11-28/h4-9,14-15H,2-3,10-13,16-17H2,1H3. The van der Waals surface area contributed by atoms with E-state index in [1.807, 2.05) is 24.1 Å². The van der Waals surface area contributed by atoms with E-state index in [1.54, 1.807) is 24.5 Å². The summed E-state index contributed by atoms with van der Waals surface area (Å²) in [7, 11) is 0. The van der Waals surface area contributed by atoms with Crippen LogP contribution in [0.1, 0.15) is 25.3 Å². The molecule has 1 aromatic heterocycles. The molecule has 0 aliphatic carbocycles. The normalized spacial score (nSPS) is 17.2. The minimum Gasteiger partial charge on any atom is -0.490 e. The van der Waals surface area contributed by atoms with E-state index in [-0.39, 0.29) is 16.7 Å². The van der Waals surface area contributed by atoms with Gasteiger partial charge in [-0.05, 0) is 74.9 Å². The third kappa shape index (κ3) is 6.10. The van der Waals surface area contributed by atoms with Crippen molar-refractivity contribution in [3.8, 4) is 5.75 Å². The zero-order valence-electron chi connectivity index (χ0n) is 18.0. The van der Waals surface area contributed by atoms with Crippen LogP contribution in [0.4, 0.5) is 18.9 Å². The number of thioether (sulfide) groups is 1. The zero-order valence-corrected chi connectivity index (χ0v) is 18.8. The number of ether oxygens (including phenoxy) is 1. The first-order valence-electron chi connectivity index (χ1n) is 10.7. The Morgan fingerprint density at radius 3 is 2.56 bits per heavy atom. The van der Waals surface area contributed by atoms with E-state index in [0.717, 1.165) is 42.3 Å². The summed E-state index contributed by atoms with van der Waals surface area (Å²) < 4.78 is 43.7. The maximum atomic E-state index is 12.6. The molecule has 0 radical (unpaired) electrons. The lowest BCUT2D eigenvalue weighted by Gasteiger charge is -2.24. The third-order valence-corrected chi connectivity index (χ3v) is 6.40. The van der Waals surface area contributed by atoms with Gasteiger partial charge in [0, 0.05) is 47.3 Å². The van der Waals surface area contributed by atoms with E-state index in [0.29, 0.717) is 19.8 Å². The summed E-state index contributed by atoms with van der Waals surface area (Å²) in [6.07, 6.45) is 8.08. The van der Waals surface area contributed by atoms with Gasteiger partial charge < -0.3 is 14.5 Å². The monoisotopic (exact) mass is 464 g/mol. The number of anilines is 1. The van der Waals surface area contributed by atoms with Gasteiger partial charge in [0.15, 0.2) is 0 Å². The summed E-state index contributed by atoms with van der Waals surface area (Å²) in [5.41, 5.74) is -1.27. The number of nitrogens with zero attached hydrogens (tertiary/aromatic N) is 4. The van der Waals surface area contributed by atoms with Crippen LogP contribution in [0.5, 0.6) is 5.75 Å². The van der Waals surface area contributed by atoms with Gasteiger partial charge in [-0.2, -0.15) is 13.2 Å². The highest BCUT2D eigenvalue weighted by molar-refractivity contribution is 8.00. The summed E-state index contributed by atoms with van der Waals surface area (Å²) in [5, 5.41) is 0. The smallest absolute Gasteiger partial charge is 0.446 e. The first-order valence-corrected chi connectivity index (χ1v) is 11.5. The van der Waals surface area contributed by atoms with Crippen LogP contribution in [0.2, 0.25) is 0 Å². The fourth-order valence-corrected chi connectivity index (χ4v) is 4.52. The molecule has 0 saturated carbocycles. The number of allylic oxidation sites excluding steroid dienone is 1. The largest absolute Gasteiger partial charge is 0.490 e. The number of likely N-dealkylation sites (tertiary alicyclic amines) is 1. The van der Waals surface area contributed by atoms with E-state index in [9.17, 15) is 13.2 Å². The number of benzene rings is 1. The highest BCUT2D eigenvalue weighted by Gasteiger charge is 2.29. The van der Waals surface area contributed by atoms with Crippen LogP contribution in [0.25, 0.3) is 0 Å². The SMILES string of the molecule is CC1=CN(c2ccc(SC(F)(F)F)cc2)CN1Cc1ccncc1OCCN1CCCC1. The number of hydrogen-bond acceptors (Lipinski definition) is 6. The molecule has 32 heavy (non-hydrogen) atoms. The van der Waals surface area contributed by atoms with Crippen LogP contribution in [-0.4, -0.2) is 53.2 Å². The van der Waals surface area contributed by atoms with Crippen molar-refractivity contribution < 1.29 is 17.9 Å². The molecular formula is C23H27F3N4OS. The molecule has 0 spiro atoms. The van der Waals surface area contributed by atoms with Crippen molar-refractivity contribution in [2.24, 2.45) is 0 Å². The van der Waals surface area contributed by atoms with Crippen molar-refractivity contribution in [2.75, 3.05) is 37.8 Å². The van der Waals surface area contributed by atoms with Gasteiger partial charge in [-0.15, -0.1) is 0 Å². The molecule has 9 heteroatoms. The third-order valence-electron chi connectivity index (χ3n) is 5.66. The Morgan fingerprint density at radius 1 is 1.09 bits per heavy atom. The predicted octanol–water partition coefficient (Wildman–Crippen LogP) is 5.31. The maximum Gasteiger partial charge on any atom is 0.446 e. The van der Waals surface area contributed by atoms with E-state index < -0.39 is 5.51 Å². The van der Waals surface area contributed by atoms with Crippen molar-refractivity contribution in [1.82, 2.24) is 14.8 Å². The summed E-state index contributed by atoms with van der Waals surface area (Å²) in [6.45, 7) is 7.17. The van der Waals surface area contributed by atoms with Crippen LogP contribution in [0.3, 0.4) is 0 Å². The summed E-state index contributed by atoms with van der Waals surface area (Å²) in [5.74, 6) is 0.798. The number of halogens is 3. The van der Waals surface area contributed by atoms with Crippen LogP contribution < -0.4 is 9.64 Å². The Balaban J connectivity index is 1.35. The Labute approximate surface area is 190 Å². The van der Waals surface area contributed by atoms with Crippen molar-refractivity contribution in [2.45, 2.75) is 36.7 Å². The molecule has 4 rings (SSSR count). The summed E-state index contributed by atoms with van der Waals surface area (Å²) >= 11 is -0.0964. The Bertz CT molecular complexity index is 930. The fraction of sp³-hybridized carbons (Fsp3) is 0.435. The zero-order chi connectivity index (χ0) is 22.6. The number of rotatable bonds is 8. The van der Waals surface area contributed by atoms with Gasteiger partial charge in [0.05, 0.1) is 12.9 Å². The van der Waals surface area contributed by atoms with Gasteiger partial charge in [0.2, 0.25) is 0 Å². The summed E-state index contributed by atoms with van der Waals surface area (Å²) in [4.78, 5) is 11.1. The van der Waals surface area contributed by atoms with Gasteiger partial charge >= 0.3 is 5.51 Å². The topological polar surface area (TPSA) is 31.8 Å². The molecule has 1 fully saturated rings. The molecule has 0 N–H and O–H groups in total. The first-order chi connectivity index (χ1) is 15.4. The molecule has 0 bridgehead atoms.